The van der Waals surface area contributed by atoms with Gasteiger partial charge in [0.2, 0.25) is 11.7 Å². The summed E-state index contributed by atoms with van der Waals surface area (Å²) >= 11 is 0. The summed E-state index contributed by atoms with van der Waals surface area (Å²) in [5.41, 5.74) is 10.0. The Hall–Kier alpha value is -3.70. The number of amides is 1. The van der Waals surface area contributed by atoms with Crippen molar-refractivity contribution in [3.8, 4) is 34.7 Å². The lowest BCUT2D eigenvalue weighted by Crippen LogP contribution is -2.35. The number of aryl methyl sites for hydroxylation is 1. The molecule has 0 fully saturated rings. The molecule has 1 aliphatic rings. The van der Waals surface area contributed by atoms with E-state index in [1.807, 2.05) is 45.9 Å². The number of carbonyl (C=O) groups is 1. The summed E-state index contributed by atoms with van der Waals surface area (Å²) in [6, 6.07) is 13.8. The summed E-state index contributed by atoms with van der Waals surface area (Å²) in [7, 11) is 0. The number of hydrogen-bond acceptors (Lipinski definition) is 7. The minimum atomic E-state index is 0. The number of fused-ring (bicyclic) bond motifs is 1. The van der Waals surface area contributed by atoms with Crippen molar-refractivity contribution in [3.63, 3.8) is 0 Å². The molecule has 1 heterocycles. The standard InChI is InChI=1S/C21H19N3O2.C6H14N2O.H2/c1-13(2)25-19-10-9-15(11-16(19)12-22)21-23-20(24-26-21)18-8-4-6-14-5-3-7-17(14)18;1-3-8(4-2)6(9)5-7;/h4,6,8-11,13H,3,5,7H2,1-2H3;3-5,7H2,1-2H3;1H. The molecule has 1 amide bonds. The maximum Gasteiger partial charge on any atom is 0.258 e. The minimum absolute atomic E-state index is 0. The maximum atomic E-state index is 10.8. The Morgan fingerprint density at radius 2 is 2.03 bits per heavy atom. The van der Waals surface area contributed by atoms with Crippen LogP contribution in [0.4, 0.5) is 0 Å². The van der Waals surface area contributed by atoms with Gasteiger partial charge in [-0.25, -0.2) is 0 Å². The summed E-state index contributed by atoms with van der Waals surface area (Å²) < 4.78 is 11.1. The predicted molar refractivity (Wildman–Crippen MR) is 137 cm³/mol. The Labute approximate surface area is 208 Å². The summed E-state index contributed by atoms with van der Waals surface area (Å²) in [6.45, 7) is 9.38. The molecule has 2 N–H and O–H groups in total. The van der Waals surface area contributed by atoms with Gasteiger partial charge in [-0.1, -0.05) is 23.4 Å². The molecule has 0 atom stereocenters. The highest BCUT2D eigenvalue weighted by atomic mass is 16.5. The largest absolute Gasteiger partial charge is 0.490 e. The summed E-state index contributed by atoms with van der Waals surface area (Å²) in [5.74, 6) is 1.59. The van der Waals surface area contributed by atoms with Gasteiger partial charge in [-0.3, -0.25) is 4.79 Å². The lowest BCUT2D eigenvalue weighted by Gasteiger charge is -2.16. The van der Waals surface area contributed by atoms with Crippen LogP contribution in [0.1, 0.15) is 52.2 Å². The van der Waals surface area contributed by atoms with E-state index in [0.29, 0.717) is 28.6 Å². The van der Waals surface area contributed by atoms with Crippen molar-refractivity contribution in [3.05, 3.63) is 53.1 Å². The van der Waals surface area contributed by atoms with Gasteiger partial charge in [0.25, 0.3) is 5.89 Å². The van der Waals surface area contributed by atoms with Gasteiger partial charge in [0.1, 0.15) is 11.8 Å². The molecule has 0 unspecified atom stereocenters. The molecule has 4 rings (SSSR count). The number of nitrogens with two attached hydrogens (primary N) is 1. The van der Waals surface area contributed by atoms with E-state index in [1.54, 1.807) is 17.0 Å². The fourth-order valence-corrected chi connectivity index (χ4v) is 4.09. The van der Waals surface area contributed by atoms with E-state index in [1.165, 1.54) is 17.5 Å². The van der Waals surface area contributed by atoms with Crippen molar-refractivity contribution in [2.45, 2.75) is 53.1 Å². The van der Waals surface area contributed by atoms with Crippen LogP contribution in [0.5, 0.6) is 5.75 Å². The van der Waals surface area contributed by atoms with Gasteiger partial charge in [-0.15, -0.1) is 0 Å². The molecule has 186 valence electrons. The van der Waals surface area contributed by atoms with Crippen LogP contribution in [-0.4, -0.2) is 46.7 Å². The number of carbonyl (C=O) groups excluding carboxylic acids is 1. The monoisotopic (exact) mass is 477 g/mol. The number of benzene rings is 2. The number of likely N-dealkylation sites (N-methyl/N-ethyl adjacent to an activating group) is 1. The van der Waals surface area contributed by atoms with Crippen LogP contribution < -0.4 is 10.5 Å². The lowest BCUT2D eigenvalue weighted by atomic mass is 10.0. The van der Waals surface area contributed by atoms with Crippen molar-refractivity contribution in [2.24, 2.45) is 5.73 Å². The first-order valence-electron chi connectivity index (χ1n) is 12.1. The Kier molecular flexibility index (Phi) is 8.98. The smallest absolute Gasteiger partial charge is 0.258 e. The van der Waals surface area contributed by atoms with E-state index in [0.717, 1.165) is 31.5 Å². The van der Waals surface area contributed by atoms with Crippen LogP contribution in [-0.2, 0) is 17.6 Å². The molecule has 0 bridgehead atoms. The van der Waals surface area contributed by atoms with Gasteiger partial charge in [0.15, 0.2) is 0 Å². The second-order valence-electron chi connectivity index (χ2n) is 8.48. The highest BCUT2D eigenvalue weighted by Gasteiger charge is 2.20. The van der Waals surface area contributed by atoms with Gasteiger partial charge in [-0.05, 0) is 76.3 Å². The Bertz CT molecular complexity index is 1200. The van der Waals surface area contributed by atoms with Crippen molar-refractivity contribution < 1.29 is 15.5 Å². The van der Waals surface area contributed by atoms with Crippen LogP contribution in [0.15, 0.2) is 40.9 Å². The molecule has 2 aromatic carbocycles. The third-order valence-electron chi connectivity index (χ3n) is 5.81. The van der Waals surface area contributed by atoms with E-state index in [4.69, 9.17) is 15.0 Å². The maximum absolute atomic E-state index is 10.8. The molecular weight excluding hydrogens is 442 g/mol. The molecule has 35 heavy (non-hydrogen) atoms. The first kappa shape index (κ1) is 25.9. The fraction of sp³-hybridized carbons (Fsp3) is 0.407. The van der Waals surface area contributed by atoms with Crippen LogP contribution in [0.3, 0.4) is 0 Å². The average Bonchev–Trinajstić information content (AvgIpc) is 3.55. The van der Waals surface area contributed by atoms with Crippen LogP contribution >= 0.6 is 0 Å². The average molecular weight is 478 g/mol. The molecule has 1 aliphatic carbocycles. The number of ether oxygens (including phenoxy) is 1. The third-order valence-corrected chi connectivity index (χ3v) is 5.81. The van der Waals surface area contributed by atoms with Crippen molar-refractivity contribution >= 4 is 5.91 Å². The van der Waals surface area contributed by atoms with E-state index < -0.39 is 0 Å². The molecule has 8 heteroatoms. The van der Waals surface area contributed by atoms with Gasteiger partial charge in [-0.2, -0.15) is 10.2 Å². The number of nitriles is 1. The van der Waals surface area contributed by atoms with E-state index in [9.17, 15) is 10.1 Å². The zero-order valence-electron chi connectivity index (χ0n) is 20.9. The fourth-order valence-electron chi connectivity index (χ4n) is 4.09. The molecule has 0 aliphatic heterocycles. The molecule has 0 radical (unpaired) electrons. The van der Waals surface area contributed by atoms with E-state index in [-0.39, 0.29) is 20.0 Å². The van der Waals surface area contributed by atoms with Crippen LogP contribution in [0.25, 0.3) is 22.8 Å². The number of aromatic nitrogens is 2. The molecule has 0 saturated heterocycles. The molecule has 3 aromatic rings. The van der Waals surface area contributed by atoms with Gasteiger partial charge in [0, 0.05) is 25.6 Å². The number of hydrogen-bond donors (Lipinski definition) is 1. The molecule has 1 aromatic heterocycles. The SMILES string of the molecule is CC(C)Oc1ccc(-c2nc(-c3cccc4c3CCC4)no2)cc1C#N.CCN(CC)C(=O)CN.[HH]. The second-order valence-corrected chi connectivity index (χ2v) is 8.48. The van der Waals surface area contributed by atoms with Crippen molar-refractivity contribution in [1.29, 1.82) is 5.26 Å². The summed E-state index contributed by atoms with van der Waals surface area (Å²) in [6.07, 6.45) is 3.33. The van der Waals surface area contributed by atoms with Gasteiger partial charge < -0.3 is 19.9 Å². The first-order valence-corrected chi connectivity index (χ1v) is 12.1. The molecule has 8 nitrogen and oxygen atoms in total. The third kappa shape index (κ3) is 6.25. The highest BCUT2D eigenvalue weighted by molar-refractivity contribution is 5.77. The topological polar surface area (TPSA) is 118 Å². The summed E-state index contributed by atoms with van der Waals surface area (Å²) in [5, 5.41) is 13.6. The first-order chi connectivity index (χ1) is 16.9. The van der Waals surface area contributed by atoms with Crippen LogP contribution in [0, 0.1) is 11.3 Å². The minimum Gasteiger partial charge on any atom is -0.490 e. The molecule has 0 spiro atoms. The normalized spacial score (nSPS) is 11.9. The Morgan fingerprint density at radius 3 is 2.66 bits per heavy atom. The van der Waals surface area contributed by atoms with Crippen molar-refractivity contribution in [1.82, 2.24) is 15.0 Å². The molecule has 0 saturated carbocycles. The van der Waals surface area contributed by atoms with Gasteiger partial charge >= 0.3 is 0 Å². The van der Waals surface area contributed by atoms with Crippen molar-refractivity contribution in [2.75, 3.05) is 19.6 Å². The van der Waals surface area contributed by atoms with E-state index in [2.05, 4.69) is 22.3 Å². The Morgan fingerprint density at radius 1 is 1.26 bits per heavy atom. The van der Waals surface area contributed by atoms with Gasteiger partial charge in [0.05, 0.1) is 18.2 Å². The van der Waals surface area contributed by atoms with E-state index >= 15 is 0 Å². The van der Waals surface area contributed by atoms with Crippen LogP contribution in [0.2, 0.25) is 0 Å². The lowest BCUT2D eigenvalue weighted by molar-refractivity contribution is -0.129. The summed E-state index contributed by atoms with van der Waals surface area (Å²) in [4.78, 5) is 17.0. The predicted octanol–water partition coefficient (Wildman–Crippen LogP) is 4.61. The second kappa shape index (κ2) is 12.1. The number of nitrogens with zero attached hydrogens (tertiary/aromatic N) is 4. The zero-order valence-corrected chi connectivity index (χ0v) is 20.9. The molecular formula is C27H35N5O3. The number of rotatable bonds is 7. The zero-order chi connectivity index (χ0) is 25.4. The Balaban J connectivity index is 0.000000394. The highest BCUT2D eigenvalue weighted by Crippen LogP contribution is 2.32. The quantitative estimate of drug-likeness (QED) is 0.528.